The van der Waals surface area contributed by atoms with Gasteiger partial charge in [0.05, 0.1) is 7.11 Å². The number of aromatic hydroxyl groups is 1. The van der Waals surface area contributed by atoms with E-state index in [9.17, 15) is 5.11 Å². The molecule has 0 aliphatic carbocycles. The summed E-state index contributed by atoms with van der Waals surface area (Å²) >= 11 is 0. The zero-order chi connectivity index (χ0) is 10.7. The summed E-state index contributed by atoms with van der Waals surface area (Å²) in [6, 6.07) is 15.8. The predicted molar refractivity (Wildman–Crippen MR) is 58.9 cm³/mol. The number of ether oxygens (including phenoxy) is 1. The van der Waals surface area contributed by atoms with E-state index >= 15 is 0 Å². The molecule has 0 atom stereocenters. The van der Waals surface area contributed by atoms with Crippen LogP contribution in [-0.4, -0.2) is 12.2 Å². The lowest BCUT2D eigenvalue weighted by Crippen LogP contribution is -1.84. The van der Waals surface area contributed by atoms with E-state index in [1.54, 1.807) is 13.2 Å². The van der Waals surface area contributed by atoms with Gasteiger partial charge in [0.1, 0.15) is 11.5 Å². The minimum Gasteiger partial charge on any atom is -0.507 e. The van der Waals surface area contributed by atoms with Crippen LogP contribution in [0.3, 0.4) is 0 Å². The fourth-order valence-electron chi connectivity index (χ4n) is 1.43. The Hall–Kier alpha value is -1.96. The average Bonchev–Trinajstić information content (AvgIpc) is 2.30. The minimum absolute atomic E-state index is 0.205. The van der Waals surface area contributed by atoms with E-state index in [2.05, 4.69) is 6.07 Å². The Morgan fingerprint density at radius 1 is 1.20 bits per heavy atom. The van der Waals surface area contributed by atoms with E-state index < -0.39 is 0 Å². The Morgan fingerprint density at radius 2 is 2.07 bits per heavy atom. The number of methoxy groups -OCH3 is 1. The molecule has 0 heterocycles. The molecule has 2 aromatic carbocycles. The van der Waals surface area contributed by atoms with Gasteiger partial charge in [0, 0.05) is 11.6 Å². The molecule has 0 aliphatic heterocycles. The van der Waals surface area contributed by atoms with Gasteiger partial charge in [0.25, 0.3) is 0 Å². The highest BCUT2D eigenvalue weighted by Gasteiger charge is 2.04. The lowest BCUT2D eigenvalue weighted by atomic mass is 10.0. The molecule has 0 fully saturated rings. The molecule has 0 unspecified atom stereocenters. The molecule has 2 aromatic rings. The zero-order valence-corrected chi connectivity index (χ0v) is 8.40. The highest BCUT2D eigenvalue weighted by molar-refractivity contribution is 5.70. The predicted octanol–water partition coefficient (Wildman–Crippen LogP) is 2.87. The largest absolute Gasteiger partial charge is 0.507 e. The lowest BCUT2D eigenvalue weighted by molar-refractivity contribution is 0.408. The zero-order valence-electron chi connectivity index (χ0n) is 8.40. The van der Waals surface area contributed by atoms with Crippen LogP contribution in [0.4, 0.5) is 0 Å². The number of phenolic OH excluding ortho intramolecular Hbond substituents is 1. The first-order valence-electron chi connectivity index (χ1n) is 4.65. The number of benzene rings is 2. The second-order valence-corrected chi connectivity index (χ2v) is 3.16. The maximum absolute atomic E-state index is 9.78. The third-order valence-corrected chi connectivity index (χ3v) is 2.20. The Bertz CT molecular complexity index is 449. The average molecular weight is 199 g/mol. The number of rotatable bonds is 2. The first kappa shape index (κ1) is 9.59. The van der Waals surface area contributed by atoms with E-state index in [0.717, 1.165) is 11.1 Å². The first-order chi connectivity index (χ1) is 7.31. The van der Waals surface area contributed by atoms with Crippen LogP contribution in [0.1, 0.15) is 0 Å². The van der Waals surface area contributed by atoms with Gasteiger partial charge in [-0.3, -0.25) is 0 Å². The SMILES string of the molecule is COc1ccc(-c2[c]cccc2)c(O)c1. The van der Waals surface area contributed by atoms with Crippen LogP contribution in [0.5, 0.6) is 11.5 Å². The van der Waals surface area contributed by atoms with Gasteiger partial charge in [-0.25, -0.2) is 0 Å². The van der Waals surface area contributed by atoms with Gasteiger partial charge in [0.2, 0.25) is 0 Å². The van der Waals surface area contributed by atoms with E-state index in [4.69, 9.17) is 4.74 Å². The molecule has 0 saturated carbocycles. The second kappa shape index (κ2) is 4.05. The summed E-state index contributed by atoms with van der Waals surface area (Å²) in [7, 11) is 1.57. The second-order valence-electron chi connectivity index (χ2n) is 3.16. The standard InChI is InChI=1S/C13H11O2/c1-15-11-7-8-12(13(14)9-11)10-5-3-2-4-6-10/h2-5,7-9,14H,1H3. The number of phenols is 1. The molecule has 0 bridgehead atoms. The van der Waals surface area contributed by atoms with Crippen LogP contribution in [0.25, 0.3) is 11.1 Å². The first-order valence-corrected chi connectivity index (χ1v) is 4.65. The van der Waals surface area contributed by atoms with Crippen LogP contribution >= 0.6 is 0 Å². The molecule has 1 N–H and O–H groups in total. The van der Waals surface area contributed by atoms with Crippen LogP contribution in [0, 0.1) is 6.07 Å². The molecule has 0 amide bonds. The Morgan fingerprint density at radius 3 is 2.67 bits per heavy atom. The van der Waals surface area contributed by atoms with Crippen molar-refractivity contribution >= 4 is 0 Å². The van der Waals surface area contributed by atoms with Crippen molar-refractivity contribution in [2.75, 3.05) is 7.11 Å². The minimum atomic E-state index is 0.205. The third kappa shape index (κ3) is 1.94. The van der Waals surface area contributed by atoms with Gasteiger partial charge in [0.15, 0.2) is 0 Å². The van der Waals surface area contributed by atoms with Crippen LogP contribution in [0.15, 0.2) is 42.5 Å². The van der Waals surface area contributed by atoms with Crippen molar-refractivity contribution in [2.24, 2.45) is 0 Å². The summed E-state index contributed by atoms with van der Waals surface area (Å²) in [5, 5.41) is 9.78. The van der Waals surface area contributed by atoms with Crippen molar-refractivity contribution in [3.8, 4) is 22.6 Å². The van der Waals surface area contributed by atoms with Crippen LogP contribution in [0.2, 0.25) is 0 Å². The monoisotopic (exact) mass is 199 g/mol. The van der Waals surface area contributed by atoms with E-state index in [1.165, 1.54) is 0 Å². The molecule has 0 spiro atoms. The quantitative estimate of drug-likeness (QED) is 0.805. The normalized spacial score (nSPS) is 9.93. The van der Waals surface area contributed by atoms with Gasteiger partial charge in [-0.1, -0.05) is 24.3 Å². The Labute approximate surface area is 88.8 Å². The van der Waals surface area contributed by atoms with Gasteiger partial charge in [-0.15, -0.1) is 0 Å². The van der Waals surface area contributed by atoms with Crippen LogP contribution < -0.4 is 4.74 Å². The lowest BCUT2D eigenvalue weighted by Gasteiger charge is -2.06. The Balaban J connectivity index is 2.46. The summed E-state index contributed by atoms with van der Waals surface area (Å²) in [6.45, 7) is 0. The molecule has 75 valence electrons. The molecule has 2 rings (SSSR count). The van der Waals surface area contributed by atoms with E-state index in [0.29, 0.717) is 5.75 Å². The number of hydrogen-bond donors (Lipinski definition) is 1. The topological polar surface area (TPSA) is 29.5 Å². The van der Waals surface area contributed by atoms with Gasteiger partial charge < -0.3 is 9.84 Å². The molecule has 0 saturated heterocycles. The van der Waals surface area contributed by atoms with E-state index in [1.807, 2.05) is 36.4 Å². The smallest absolute Gasteiger partial charge is 0.127 e. The van der Waals surface area contributed by atoms with Crippen molar-refractivity contribution in [3.05, 3.63) is 48.5 Å². The molecule has 15 heavy (non-hydrogen) atoms. The van der Waals surface area contributed by atoms with Crippen molar-refractivity contribution in [1.82, 2.24) is 0 Å². The molecule has 1 radical (unpaired) electrons. The maximum Gasteiger partial charge on any atom is 0.127 e. The highest BCUT2D eigenvalue weighted by atomic mass is 16.5. The van der Waals surface area contributed by atoms with Crippen molar-refractivity contribution in [2.45, 2.75) is 0 Å². The summed E-state index contributed by atoms with van der Waals surface area (Å²) in [5.41, 5.74) is 1.63. The van der Waals surface area contributed by atoms with Crippen molar-refractivity contribution < 1.29 is 9.84 Å². The summed E-state index contributed by atoms with van der Waals surface area (Å²) in [6.07, 6.45) is 0. The third-order valence-electron chi connectivity index (χ3n) is 2.20. The van der Waals surface area contributed by atoms with Crippen molar-refractivity contribution in [3.63, 3.8) is 0 Å². The Kier molecular flexibility index (Phi) is 2.59. The summed E-state index contributed by atoms with van der Waals surface area (Å²) in [5.74, 6) is 0.851. The number of hydrogen-bond acceptors (Lipinski definition) is 2. The molecular formula is C13H11O2. The van der Waals surface area contributed by atoms with Crippen LogP contribution in [-0.2, 0) is 0 Å². The fraction of sp³-hybridized carbons (Fsp3) is 0.0769. The summed E-state index contributed by atoms with van der Waals surface area (Å²) < 4.78 is 5.02. The summed E-state index contributed by atoms with van der Waals surface area (Å²) in [4.78, 5) is 0. The van der Waals surface area contributed by atoms with Crippen molar-refractivity contribution in [1.29, 1.82) is 0 Å². The van der Waals surface area contributed by atoms with Gasteiger partial charge >= 0.3 is 0 Å². The maximum atomic E-state index is 9.78. The molecular weight excluding hydrogens is 188 g/mol. The molecule has 0 aliphatic rings. The molecule has 2 heteroatoms. The van der Waals surface area contributed by atoms with E-state index in [-0.39, 0.29) is 5.75 Å². The van der Waals surface area contributed by atoms with Gasteiger partial charge in [-0.05, 0) is 23.8 Å². The molecule has 2 nitrogen and oxygen atoms in total. The van der Waals surface area contributed by atoms with Gasteiger partial charge in [-0.2, -0.15) is 0 Å². The fourth-order valence-corrected chi connectivity index (χ4v) is 1.43. The highest BCUT2D eigenvalue weighted by Crippen LogP contribution is 2.31. The molecule has 0 aromatic heterocycles.